The number of rotatable bonds is 4. The lowest BCUT2D eigenvalue weighted by Crippen LogP contribution is -2.16. The summed E-state index contributed by atoms with van der Waals surface area (Å²) in [5, 5.41) is 5.03. The Morgan fingerprint density at radius 1 is 1.48 bits per heavy atom. The molecule has 110 valence electrons. The number of aromatic nitrogens is 2. The van der Waals surface area contributed by atoms with Gasteiger partial charge in [0.1, 0.15) is 5.78 Å². The maximum Gasteiger partial charge on any atom is 0.147 e. The Labute approximate surface area is 133 Å². The molecule has 2 aromatic rings. The Balaban J connectivity index is 1.84. The Kier molecular flexibility index (Phi) is 4.09. The van der Waals surface area contributed by atoms with Crippen molar-refractivity contribution >= 4 is 29.1 Å². The van der Waals surface area contributed by atoms with E-state index in [1.54, 1.807) is 16.4 Å². The molecule has 1 unspecified atom stereocenters. The van der Waals surface area contributed by atoms with Crippen molar-refractivity contribution in [3.05, 3.63) is 46.2 Å². The van der Waals surface area contributed by atoms with Crippen LogP contribution in [0.3, 0.4) is 0 Å². The highest BCUT2D eigenvalue weighted by atomic mass is 35.5. The monoisotopic (exact) mass is 320 g/mol. The van der Waals surface area contributed by atoms with E-state index in [9.17, 15) is 4.79 Å². The van der Waals surface area contributed by atoms with Crippen LogP contribution < -0.4 is 0 Å². The molecule has 0 bridgehead atoms. The van der Waals surface area contributed by atoms with Gasteiger partial charge in [0.05, 0.1) is 28.7 Å². The van der Waals surface area contributed by atoms with Crippen molar-refractivity contribution in [3.63, 3.8) is 0 Å². The van der Waals surface area contributed by atoms with E-state index < -0.39 is 0 Å². The van der Waals surface area contributed by atoms with Crippen molar-refractivity contribution in [2.75, 3.05) is 5.75 Å². The van der Waals surface area contributed by atoms with Crippen LogP contribution in [-0.4, -0.2) is 21.3 Å². The van der Waals surface area contributed by atoms with E-state index in [0.29, 0.717) is 11.4 Å². The van der Waals surface area contributed by atoms with Crippen LogP contribution in [0.5, 0.6) is 0 Å². The van der Waals surface area contributed by atoms with Gasteiger partial charge in [-0.25, -0.2) is 0 Å². The van der Waals surface area contributed by atoms with Crippen molar-refractivity contribution < 1.29 is 4.79 Å². The fourth-order valence-corrected chi connectivity index (χ4v) is 4.35. The first-order valence-corrected chi connectivity index (χ1v) is 8.42. The van der Waals surface area contributed by atoms with E-state index in [-0.39, 0.29) is 11.7 Å². The van der Waals surface area contributed by atoms with Gasteiger partial charge in [-0.2, -0.15) is 5.10 Å². The highest BCUT2D eigenvalue weighted by Gasteiger charge is 2.30. The van der Waals surface area contributed by atoms with Crippen molar-refractivity contribution in [1.29, 1.82) is 0 Å². The van der Waals surface area contributed by atoms with Crippen LogP contribution in [0, 0.1) is 0 Å². The second-order valence-corrected chi connectivity index (χ2v) is 6.67. The number of fused-ring (bicyclic) bond motifs is 1. The SMILES string of the molecule is CCc1nn(C)c(CC(=O)C2CSc3ccccc32)c1Cl. The molecular weight excluding hydrogens is 304 g/mol. The van der Waals surface area contributed by atoms with Gasteiger partial charge in [-0.15, -0.1) is 11.8 Å². The molecule has 0 saturated heterocycles. The molecule has 2 heterocycles. The summed E-state index contributed by atoms with van der Waals surface area (Å²) in [5.41, 5.74) is 2.84. The summed E-state index contributed by atoms with van der Waals surface area (Å²) >= 11 is 8.10. The lowest BCUT2D eigenvalue weighted by molar-refractivity contribution is -0.119. The number of carbonyl (C=O) groups is 1. The average molecular weight is 321 g/mol. The molecule has 1 aliphatic rings. The molecule has 1 aromatic carbocycles. The molecule has 3 nitrogen and oxygen atoms in total. The van der Waals surface area contributed by atoms with Gasteiger partial charge in [0.15, 0.2) is 0 Å². The lowest BCUT2D eigenvalue weighted by atomic mass is 9.94. The lowest BCUT2D eigenvalue weighted by Gasteiger charge is -2.10. The van der Waals surface area contributed by atoms with Crippen LogP contribution in [0.4, 0.5) is 0 Å². The highest BCUT2D eigenvalue weighted by molar-refractivity contribution is 7.99. The quantitative estimate of drug-likeness (QED) is 0.862. The minimum Gasteiger partial charge on any atom is -0.299 e. The van der Waals surface area contributed by atoms with Gasteiger partial charge in [0.2, 0.25) is 0 Å². The number of ketones is 1. The Bertz CT molecular complexity index is 696. The van der Waals surface area contributed by atoms with E-state index in [1.165, 1.54) is 4.90 Å². The summed E-state index contributed by atoms with van der Waals surface area (Å²) in [4.78, 5) is 13.9. The molecule has 1 aliphatic heterocycles. The number of aryl methyl sites for hydroxylation is 2. The number of benzene rings is 1. The minimum atomic E-state index is -0.0257. The van der Waals surface area contributed by atoms with Gasteiger partial charge in [-0.3, -0.25) is 9.48 Å². The van der Waals surface area contributed by atoms with Gasteiger partial charge in [-0.05, 0) is 18.1 Å². The largest absolute Gasteiger partial charge is 0.299 e. The van der Waals surface area contributed by atoms with Gasteiger partial charge >= 0.3 is 0 Å². The average Bonchev–Trinajstić information content (AvgIpc) is 3.03. The van der Waals surface area contributed by atoms with Crippen molar-refractivity contribution in [1.82, 2.24) is 9.78 Å². The van der Waals surface area contributed by atoms with Gasteiger partial charge in [0, 0.05) is 17.7 Å². The second-order valence-electron chi connectivity index (χ2n) is 5.23. The summed E-state index contributed by atoms with van der Waals surface area (Å²) in [6.45, 7) is 2.02. The van der Waals surface area contributed by atoms with E-state index >= 15 is 0 Å². The van der Waals surface area contributed by atoms with E-state index in [2.05, 4.69) is 17.2 Å². The number of Topliss-reactive ketones (excluding diaryl/α,β-unsaturated/α-hetero) is 1. The molecule has 0 N–H and O–H groups in total. The first-order chi connectivity index (χ1) is 10.1. The van der Waals surface area contributed by atoms with E-state index in [4.69, 9.17) is 11.6 Å². The fraction of sp³-hybridized carbons (Fsp3) is 0.375. The fourth-order valence-electron chi connectivity index (χ4n) is 2.73. The molecule has 5 heteroatoms. The first kappa shape index (κ1) is 14.7. The summed E-state index contributed by atoms with van der Waals surface area (Å²) in [7, 11) is 1.85. The third kappa shape index (κ3) is 2.62. The third-order valence-electron chi connectivity index (χ3n) is 3.93. The number of thioether (sulfide) groups is 1. The molecule has 1 aromatic heterocycles. The second kappa shape index (κ2) is 5.85. The van der Waals surface area contributed by atoms with Crippen LogP contribution in [0.15, 0.2) is 29.2 Å². The molecule has 0 saturated carbocycles. The molecule has 0 aliphatic carbocycles. The molecular formula is C16H17ClN2OS. The van der Waals surface area contributed by atoms with Gasteiger partial charge in [0.25, 0.3) is 0 Å². The Morgan fingerprint density at radius 2 is 2.24 bits per heavy atom. The van der Waals surface area contributed by atoms with Crippen LogP contribution in [0.1, 0.15) is 29.8 Å². The summed E-state index contributed by atoms with van der Waals surface area (Å²) in [6.07, 6.45) is 1.13. The number of hydrogen-bond donors (Lipinski definition) is 0. The van der Waals surface area contributed by atoms with Gasteiger partial charge < -0.3 is 0 Å². The van der Waals surface area contributed by atoms with Crippen molar-refractivity contribution in [2.24, 2.45) is 7.05 Å². The molecule has 0 radical (unpaired) electrons. The standard InChI is InChI=1S/C16H17ClN2OS/c1-3-12-16(17)13(19(2)18-12)8-14(20)11-9-21-15-7-5-4-6-10(11)15/h4-7,11H,3,8-9H2,1-2H3. The maximum atomic E-state index is 12.7. The van der Waals surface area contributed by atoms with Crippen LogP contribution in [0.25, 0.3) is 0 Å². The number of hydrogen-bond acceptors (Lipinski definition) is 3. The molecule has 1 atom stereocenters. The Hall–Kier alpha value is -1.26. The summed E-state index contributed by atoms with van der Waals surface area (Å²) in [5.74, 6) is 1.02. The maximum absolute atomic E-state index is 12.7. The zero-order valence-corrected chi connectivity index (χ0v) is 13.7. The van der Waals surface area contributed by atoms with Crippen LogP contribution >= 0.6 is 23.4 Å². The Morgan fingerprint density at radius 3 is 2.95 bits per heavy atom. The van der Waals surface area contributed by atoms with Crippen molar-refractivity contribution in [2.45, 2.75) is 30.6 Å². The molecule has 0 spiro atoms. The van der Waals surface area contributed by atoms with E-state index in [1.807, 2.05) is 26.1 Å². The summed E-state index contributed by atoms with van der Waals surface area (Å²) < 4.78 is 1.74. The van der Waals surface area contributed by atoms with Crippen LogP contribution in [-0.2, 0) is 24.7 Å². The van der Waals surface area contributed by atoms with Crippen molar-refractivity contribution in [3.8, 4) is 0 Å². The van der Waals surface area contributed by atoms with Gasteiger partial charge in [-0.1, -0.05) is 36.7 Å². The molecule has 3 rings (SSSR count). The smallest absolute Gasteiger partial charge is 0.147 e. The predicted molar refractivity (Wildman–Crippen MR) is 86.2 cm³/mol. The number of halogens is 1. The molecule has 0 amide bonds. The molecule has 21 heavy (non-hydrogen) atoms. The normalized spacial score (nSPS) is 17.0. The summed E-state index contributed by atoms with van der Waals surface area (Å²) in [6, 6.07) is 8.15. The highest BCUT2D eigenvalue weighted by Crippen LogP contribution is 2.40. The minimum absolute atomic E-state index is 0.0257. The third-order valence-corrected chi connectivity index (χ3v) is 5.55. The number of carbonyl (C=O) groups excluding carboxylic acids is 1. The predicted octanol–water partition coefficient (Wildman–Crippen LogP) is 3.64. The zero-order chi connectivity index (χ0) is 15.0. The van der Waals surface area contributed by atoms with E-state index in [0.717, 1.165) is 29.1 Å². The zero-order valence-electron chi connectivity index (χ0n) is 12.1. The first-order valence-electron chi connectivity index (χ1n) is 7.06. The van der Waals surface area contributed by atoms with Crippen LogP contribution in [0.2, 0.25) is 5.02 Å². The number of nitrogens with zero attached hydrogens (tertiary/aromatic N) is 2. The molecule has 0 fully saturated rings. The topological polar surface area (TPSA) is 34.9 Å².